The monoisotopic (exact) mass is 791 g/mol. The van der Waals surface area contributed by atoms with Gasteiger partial charge in [-0.2, -0.15) is 0 Å². The molecule has 0 radical (unpaired) electrons. The Morgan fingerprint density at radius 2 is 1.24 bits per heavy atom. The Hall–Kier alpha value is -3.91. The Labute approximate surface area is 288 Å². The molecule has 0 saturated carbocycles. The molecule has 4 heteroatoms. The molecular weight excluding hydrogens is 756 g/mol. The Morgan fingerprint density at radius 1 is 0.630 bits per heavy atom. The predicted molar refractivity (Wildman–Crippen MR) is 186 cm³/mol. The van der Waals surface area contributed by atoms with Crippen molar-refractivity contribution in [1.82, 2.24) is 9.97 Å². The zero-order valence-corrected chi connectivity index (χ0v) is 29.7. The summed E-state index contributed by atoms with van der Waals surface area (Å²) >= 11 is 0. The van der Waals surface area contributed by atoms with Gasteiger partial charge in [-0.05, 0) is 69.3 Å². The van der Waals surface area contributed by atoms with Crippen LogP contribution in [0.2, 0.25) is 6.04 Å². The minimum atomic E-state index is -1.99. The predicted octanol–water partition coefficient (Wildman–Crippen LogP) is 8.59. The molecule has 4 aromatic carbocycles. The average Bonchev–Trinajstić information content (AvgIpc) is 3.60. The van der Waals surface area contributed by atoms with Crippen molar-refractivity contribution in [3.63, 3.8) is 0 Å². The molecule has 6 aromatic rings. The van der Waals surface area contributed by atoms with E-state index in [2.05, 4.69) is 142 Å². The molecular formula is C42H36N2PtSi. The standard InChI is InChI=1S/C42H36N2Si.Pt/c1-41(2,3)34-21-23-44-39(26-34)31-15-11-17-36(25-31)42(35-16-10-14-30(24-35)38-19-8-9-22-43-38)29-45(40-20-7-6-18-37(40)42)27-32-12-4-5-13-33(32)28-45;/h4-23,26H,27-29H2,1-3H3;/q-2;+2. The van der Waals surface area contributed by atoms with Crippen molar-refractivity contribution in [2.45, 2.75) is 49.7 Å². The normalized spacial score (nSPS) is 17.7. The topological polar surface area (TPSA) is 25.8 Å². The molecule has 0 saturated heterocycles. The minimum Gasteiger partial charge on any atom is -0.305 e. The molecule has 46 heavy (non-hydrogen) atoms. The molecule has 1 atom stereocenters. The number of fused-ring (bicyclic) bond motifs is 3. The van der Waals surface area contributed by atoms with Gasteiger partial charge in [0.1, 0.15) is 0 Å². The second-order valence-corrected chi connectivity index (χ2v) is 18.0. The molecule has 228 valence electrons. The molecule has 0 bridgehead atoms. The SMILES string of the molecule is CC(C)(C)c1ccnc(-c2[c-]c(C3(c4[c-]c(-c5ccccn5)ccc4)C[Si]4(Cc5ccccc5C4)c4ccccc43)ccc2)c1.[Pt+2]. The third-order valence-electron chi connectivity index (χ3n) is 10.1. The smallest absolute Gasteiger partial charge is 0.305 e. The van der Waals surface area contributed by atoms with Crippen LogP contribution < -0.4 is 5.19 Å². The maximum Gasteiger partial charge on any atom is 2.00 e. The first-order chi connectivity index (χ1) is 21.9. The van der Waals surface area contributed by atoms with Gasteiger partial charge < -0.3 is 9.97 Å². The molecule has 1 spiro atoms. The molecule has 0 fully saturated rings. The second kappa shape index (κ2) is 11.7. The van der Waals surface area contributed by atoms with Gasteiger partial charge in [-0.1, -0.05) is 92.7 Å². The van der Waals surface area contributed by atoms with Crippen LogP contribution in [-0.2, 0) is 44.0 Å². The van der Waals surface area contributed by atoms with Crippen LogP contribution in [0.1, 0.15) is 54.2 Å². The second-order valence-electron chi connectivity index (χ2n) is 13.9. The number of hydrogen-bond acceptors (Lipinski definition) is 2. The van der Waals surface area contributed by atoms with E-state index in [4.69, 9.17) is 9.97 Å². The summed E-state index contributed by atoms with van der Waals surface area (Å²) in [4.78, 5) is 9.54. The fraction of sp³-hybridized carbons (Fsp3) is 0.190. The van der Waals surface area contributed by atoms with Gasteiger partial charge in [-0.15, -0.1) is 70.8 Å². The van der Waals surface area contributed by atoms with E-state index >= 15 is 0 Å². The van der Waals surface area contributed by atoms with E-state index in [0.29, 0.717) is 0 Å². The van der Waals surface area contributed by atoms with Crippen molar-refractivity contribution in [2.75, 3.05) is 0 Å². The Balaban J connectivity index is 0.00000338. The first kappa shape index (κ1) is 30.7. The maximum atomic E-state index is 4.84. The summed E-state index contributed by atoms with van der Waals surface area (Å²) in [7, 11) is -1.99. The van der Waals surface area contributed by atoms with Crippen molar-refractivity contribution in [3.05, 3.63) is 173 Å². The zero-order chi connectivity index (χ0) is 30.6. The average molecular weight is 792 g/mol. The van der Waals surface area contributed by atoms with Crippen molar-refractivity contribution >= 4 is 13.3 Å². The molecule has 4 heterocycles. The number of nitrogens with zero attached hydrogens (tertiary/aromatic N) is 2. The maximum absolute atomic E-state index is 4.84. The number of aromatic nitrogens is 2. The molecule has 2 aromatic heterocycles. The number of hydrogen-bond donors (Lipinski definition) is 0. The summed E-state index contributed by atoms with van der Waals surface area (Å²) in [6.45, 7) is 6.76. The quantitative estimate of drug-likeness (QED) is 0.132. The third kappa shape index (κ3) is 5.05. The number of benzene rings is 4. The van der Waals surface area contributed by atoms with E-state index < -0.39 is 8.07 Å². The third-order valence-corrected chi connectivity index (χ3v) is 15.0. The van der Waals surface area contributed by atoms with Gasteiger partial charge in [0.15, 0.2) is 0 Å². The summed E-state index contributed by atoms with van der Waals surface area (Å²) < 4.78 is 0. The van der Waals surface area contributed by atoms with Gasteiger partial charge in [0.2, 0.25) is 0 Å². The summed E-state index contributed by atoms with van der Waals surface area (Å²) in [5, 5.41) is 1.59. The first-order valence-electron chi connectivity index (χ1n) is 16.0. The van der Waals surface area contributed by atoms with Crippen LogP contribution in [0.25, 0.3) is 22.5 Å². The molecule has 1 unspecified atom stereocenters. The molecule has 2 aliphatic heterocycles. The number of pyridine rings is 2. The Kier molecular flexibility index (Phi) is 7.82. The molecule has 0 amide bonds. The van der Waals surface area contributed by atoms with E-state index in [1.54, 1.807) is 5.19 Å². The fourth-order valence-corrected chi connectivity index (χ4v) is 14.0. The van der Waals surface area contributed by atoms with Gasteiger partial charge in [0.05, 0.1) is 8.07 Å². The first-order valence-corrected chi connectivity index (χ1v) is 18.6. The Bertz CT molecular complexity index is 2020. The van der Waals surface area contributed by atoms with Crippen LogP contribution in [0.15, 0.2) is 128 Å². The van der Waals surface area contributed by atoms with Crippen LogP contribution in [0.5, 0.6) is 0 Å². The summed E-state index contributed by atoms with van der Waals surface area (Å²) in [5.41, 5.74) is 11.8. The van der Waals surface area contributed by atoms with Gasteiger partial charge in [-0.3, -0.25) is 0 Å². The van der Waals surface area contributed by atoms with Crippen LogP contribution in [-0.4, -0.2) is 18.0 Å². The minimum absolute atomic E-state index is 0. The zero-order valence-electron chi connectivity index (χ0n) is 26.5. The van der Waals surface area contributed by atoms with Crippen molar-refractivity contribution < 1.29 is 21.1 Å². The summed E-state index contributed by atoms with van der Waals surface area (Å²) in [5.74, 6) is 0. The van der Waals surface area contributed by atoms with Crippen LogP contribution in [0.3, 0.4) is 0 Å². The van der Waals surface area contributed by atoms with Crippen LogP contribution >= 0.6 is 0 Å². The molecule has 2 aliphatic rings. The van der Waals surface area contributed by atoms with Gasteiger partial charge in [0.25, 0.3) is 0 Å². The van der Waals surface area contributed by atoms with Crippen LogP contribution in [0, 0.1) is 12.1 Å². The largest absolute Gasteiger partial charge is 2.00 e. The fourth-order valence-electron chi connectivity index (χ4n) is 7.95. The van der Waals surface area contributed by atoms with Gasteiger partial charge in [-0.25, -0.2) is 0 Å². The van der Waals surface area contributed by atoms with Crippen molar-refractivity contribution in [3.8, 4) is 22.5 Å². The van der Waals surface area contributed by atoms with E-state index in [1.165, 1.54) is 45.5 Å². The number of rotatable bonds is 4. The molecule has 0 aliphatic carbocycles. The summed E-state index contributed by atoms with van der Waals surface area (Å²) in [6.07, 6.45) is 3.81. The van der Waals surface area contributed by atoms with Gasteiger partial charge >= 0.3 is 21.1 Å². The van der Waals surface area contributed by atoms with Gasteiger partial charge in [0, 0.05) is 17.8 Å². The summed E-state index contributed by atoms with van der Waals surface area (Å²) in [6, 6.07) is 53.5. The molecule has 0 N–H and O–H groups in total. The Morgan fingerprint density at radius 3 is 1.89 bits per heavy atom. The van der Waals surface area contributed by atoms with Crippen molar-refractivity contribution in [2.24, 2.45) is 0 Å². The van der Waals surface area contributed by atoms with Crippen molar-refractivity contribution in [1.29, 1.82) is 0 Å². The van der Waals surface area contributed by atoms with E-state index in [1.807, 2.05) is 18.5 Å². The molecule has 2 nitrogen and oxygen atoms in total. The van der Waals surface area contributed by atoms with E-state index in [0.717, 1.165) is 28.6 Å². The molecule has 8 rings (SSSR count). The van der Waals surface area contributed by atoms with E-state index in [9.17, 15) is 0 Å². The van der Waals surface area contributed by atoms with Crippen LogP contribution in [0.4, 0.5) is 0 Å². The van der Waals surface area contributed by atoms with E-state index in [-0.39, 0.29) is 31.9 Å².